The number of primary amides is 1. The van der Waals surface area contributed by atoms with Gasteiger partial charge in [0.15, 0.2) is 0 Å². The van der Waals surface area contributed by atoms with Crippen molar-refractivity contribution in [3.05, 3.63) is 34.3 Å². The molecule has 0 aliphatic rings. The number of carbonyl (C=O) groups excluding carboxylic acids is 1. The van der Waals surface area contributed by atoms with Gasteiger partial charge in [-0.15, -0.1) is 0 Å². The lowest BCUT2D eigenvalue weighted by Crippen LogP contribution is -2.19. The maximum atomic E-state index is 10.8. The van der Waals surface area contributed by atoms with Gasteiger partial charge < -0.3 is 5.73 Å². The highest BCUT2D eigenvalue weighted by Gasteiger charge is 2.15. The first-order valence-corrected chi connectivity index (χ1v) is 4.39. The highest BCUT2D eigenvalue weighted by molar-refractivity contribution is 9.10. The summed E-state index contributed by atoms with van der Waals surface area (Å²) < 4.78 is 0.900. The molecule has 0 saturated heterocycles. The van der Waals surface area contributed by atoms with Gasteiger partial charge in [-0.25, -0.2) is 0 Å². The molecule has 0 heterocycles. The molecule has 0 aliphatic carbocycles. The van der Waals surface area contributed by atoms with Gasteiger partial charge in [0.2, 0.25) is 5.91 Å². The molecule has 0 aromatic heterocycles. The summed E-state index contributed by atoms with van der Waals surface area (Å²) in [7, 11) is 0. The van der Waals surface area contributed by atoms with Gasteiger partial charge in [0.1, 0.15) is 5.92 Å². The number of halogens is 1. The molecule has 0 bridgehead atoms. The highest BCUT2D eigenvalue weighted by atomic mass is 79.9. The lowest BCUT2D eigenvalue weighted by molar-refractivity contribution is -0.118. The zero-order valence-electron chi connectivity index (χ0n) is 6.70. The number of amides is 1. The zero-order chi connectivity index (χ0) is 9.84. The van der Waals surface area contributed by atoms with Gasteiger partial charge in [-0.1, -0.05) is 28.1 Å². The lowest BCUT2D eigenvalue weighted by Gasteiger charge is -2.03. The van der Waals surface area contributed by atoms with Gasteiger partial charge in [0, 0.05) is 4.47 Å². The zero-order valence-corrected chi connectivity index (χ0v) is 8.28. The Morgan fingerprint density at radius 2 is 2.00 bits per heavy atom. The van der Waals surface area contributed by atoms with E-state index >= 15 is 0 Å². The van der Waals surface area contributed by atoms with Crippen LogP contribution in [-0.4, -0.2) is 5.91 Å². The number of nitrogens with zero attached hydrogens (tertiary/aromatic N) is 1. The minimum absolute atomic E-state index is 0.621. The fraction of sp³-hybridized carbons (Fsp3) is 0.111. The Bertz CT molecular complexity index is 353. The van der Waals surface area contributed by atoms with E-state index in [-0.39, 0.29) is 0 Å². The van der Waals surface area contributed by atoms with Gasteiger partial charge in [-0.05, 0) is 17.7 Å². The number of benzene rings is 1. The van der Waals surface area contributed by atoms with Crippen LogP contribution in [0, 0.1) is 11.3 Å². The average Bonchev–Trinajstić information content (AvgIpc) is 2.09. The fourth-order valence-corrected chi connectivity index (χ4v) is 1.22. The second-order valence-electron chi connectivity index (χ2n) is 2.52. The van der Waals surface area contributed by atoms with Crippen molar-refractivity contribution in [2.45, 2.75) is 5.92 Å². The van der Waals surface area contributed by atoms with Crippen molar-refractivity contribution in [3.63, 3.8) is 0 Å². The van der Waals surface area contributed by atoms with E-state index in [9.17, 15) is 4.79 Å². The molecule has 1 rings (SSSR count). The van der Waals surface area contributed by atoms with Gasteiger partial charge in [0.05, 0.1) is 6.07 Å². The van der Waals surface area contributed by atoms with E-state index in [0.29, 0.717) is 5.56 Å². The van der Waals surface area contributed by atoms with Gasteiger partial charge >= 0.3 is 0 Å². The number of hydrogen-bond donors (Lipinski definition) is 1. The summed E-state index contributed by atoms with van der Waals surface area (Å²) in [4.78, 5) is 10.8. The summed E-state index contributed by atoms with van der Waals surface area (Å²) in [6.07, 6.45) is 0. The monoisotopic (exact) mass is 238 g/mol. The number of hydrogen-bond acceptors (Lipinski definition) is 2. The molecule has 0 aliphatic heterocycles. The second kappa shape index (κ2) is 4.06. The van der Waals surface area contributed by atoms with Crippen LogP contribution in [0.5, 0.6) is 0 Å². The van der Waals surface area contributed by atoms with E-state index in [2.05, 4.69) is 15.9 Å². The maximum Gasteiger partial charge on any atom is 0.239 e. The van der Waals surface area contributed by atoms with Crippen molar-refractivity contribution in [2.75, 3.05) is 0 Å². The van der Waals surface area contributed by atoms with E-state index in [0.717, 1.165) is 4.47 Å². The largest absolute Gasteiger partial charge is 0.368 e. The number of carbonyl (C=O) groups is 1. The van der Waals surface area contributed by atoms with Gasteiger partial charge in [-0.2, -0.15) is 5.26 Å². The first-order valence-electron chi connectivity index (χ1n) is 3.59. The van der Waals surface area contributed by atoms with Crippen molar-refractivity contribution in [2.24, 2.45) is 5.73 Å². The Morgan fingerprint density at radius 3 is 2.38 bits per heavy atom. The molecule has 13 heavy (non-hydrogen) atoms. The van der Waals surface area contributed by atoms with Crippen molar-refractivity contribution in [1.82, 2.24) is 0 Å². The van der Waals surface area contributed by atoms with Gasteiger partial charge in [0.25, 0.3) is 0 Å². The molecule has 0 fully saturated rings. The summed E-state index contributed by atoms with van der Waals surface area (Å²) in [5, 5.41) is 8.66. The third-order valence-electron chi connectivity index (χ3n) is 1.62. The molecule has 0 radical (unpaired) electrons. The molecule has 1 aromatic rings. The predicted octanol–water partition coefficient (Wildman–Crippen LogP) is 1.54. The molecule has 4 heteroatoms. The van der Waals surface area contributed by atoms with E-state index in [1.807, 2.05) is 6.07 Å². The van der Waals surface area contributed by atoms with Crippen LogP contribution in [0.2, 0.25) is 0 Å². The van der Waals surface area contributed by atoms with Crippen LogP contribution in [0.15, 0.2) is 28.7 Å². The third-order valence-corrected chi connectivity index (χ3v) is 2.15. The summed E-state index contributed by atoms with van der Waals surface area (Å²) in [6, 6.07) is 8.77. The smallest absolute Gasteiger partial charge is 0.239 e. The van der Waals surface area contributed by atoms with Gasteiger partial charge in [-0.3, -0.25) is 4.79 Å². The highest BCUT2D eigenvalue weighted by Crippen LogP contribution is 2.17. The maximum absolute atomic E-state index is 10.8. The predicted molar refractivity (Wildman–Crippen MR) is 51.7 cm³/mol. The molecular weight excluding hydrogens is 232 g/mol. The van der Waals surface area contributed by atoms with Crippen LogP contribution in [0.3, 0.4) is 0 Å². The van der Waals surface area contributed by atoms with Crippen LogP contribution < -0.4 is 5.73 Å². The Morgan fingerprint density at radius 1 is 1.46 bits per heavy atom. The number of nitrogens with two attached hydrogens (primary N) is 1. The molecule has 1 atom stereocenters. The van der Waals surface area contributed by atoms with E-state index < -0.39 is 11.8 Å². The van der Waals surface area contributed by atoms with Crippen molar-refractivity contribution in [3.8, 4) is 6.07 Å². The van der Waals surface area contributed by atoms with E-state index in [1.165, 1.54) is 0 Å². The Kier molecular flexibility index (Phi) is 3.04. The SMILES string of the molecule is N#CC(C(N)=O)c1ccc(Br)cc1. The second-order valence-corrected chi connectivity index (χ2v) is 3.43. The van der Waals surface area contributed by atoms with Crippen molar-refractivity contribution < 1.29 is 4.79 Å². The van der Waals surface area contributed by atoms with Crippen molar-refractivity contribution in [1.29, 1.82) is 5.26 Å². The first kappa shape index (κ1) is 9.75. The quantitative estimate of drug-likeness (QED) is 0.850. The molecule has 0 spiro atoms. The Hall–Kier alpha value is -1.34. The molecular formula is C9H7BrN2O. The summed E-state index contributed by atoms with van der Waals surface area (Å²) in [6.45, 7) is 0. The third kappa shape index (κ3) is 2.30. The Labute approximate surface area is 84.3 Å². The molecule has 0 saturated carbocycles. The molecule has 1 amide bonds. The normalized spacial score (nSPS) is 11.7. The molecule has 1 aromatic carbocycles. The first-order chi connectivity index (χ1) is 6.15. The van der Waals surface area contributed by atoms with Crippen LogP contribution in [0.4, 0.5) is 0 Å². The van der Waals surface area contributed by atoms with Crippen LogP contribution in [0.25, 0.3) is 0 Å². The fourth-order valence-electron chi connectivity index (χ4n) is 0.958. The summed E-state index contributed by atoms with van der Waals surface area (Å²) in [5.74, 6) is -1.47. The summed E-state index contributed by atoms with van der Waals surface area (Å²) in [5.41, 5.74) is 5.67. The van der Waals surface area contributed by atoms with Crippen LogP contribution in [-0.2, 0) is 4.79 Å². The number of nitriles is 1. The van der Waals surface area contributed by atoms with Crippen LogP contribution in [0.1, 0.15) is 11.5 Å². The minimum atomic E-state index is -0.854. The standard InChI is InChI=1S/C9H7BrN2O/c10-7-3-1-6(2-4-7)8(5-11)9(12)13/h1-4,8H,(H2,12,13). The van der Waals surface area contributed by atoms with E-state index in [4.69, 9.17) is 11.0 Å². The number of rotatable bonds is 2. The van der Waals surface area contributed by atoms with E-state index in [1.54, 1.807) is 24.3 Å². The molecule has 1 unspecified atom stereocenters. The lowest BCUT2D eigenvalue weighted by atomic mass is 10.0. The molecule has 3 nitrogen and oxygen atoms in total. The van der Waals surface area contributed by atoms with Crippen LogP contribution >= 0.6 is 15.9 Å². The molecule has 2 N–H and O–H groups in total. The minimum Gasteiger partial charge on any atom is -0.368 e. The van der Waals surface area contributed by atoms with Crippen molar-refractivity contribution >= 4 is 21.8 Å². The molecule has 66 valence electrons. The average molecular weight is 239 g/mol. The summed E-state index contributed by atoms with van der Waals surface area (Å²) >= 11 is 3.25. The topological polar surface area (TPSA) is 66.9 Å². The Balaban J connectivity index is 3.01.